The largest absolute Gasteiger partial charge is 0.482 e. The number of carbonyl (C=O) groups is 2. The summed E-state index contributed by atoms with van der Waals surface area (Å²) in [6.07, 6.45) is 5.21. The fourth-order valence-corrected chi connectivity index (χ4v) is 5.28. The van der Waals surface area contributed by atoms with E-state index >= 15 is 0 Å². The average molecular weight is 424 g/mol. The minimum atomic E-state index is -0.183. The zero-order valence-electron chi connectivity index (χ0n) is 18.2. The van der Waals surface area contributed by atoms with Gasteiger partial charge in [-0.2, -0.15) is 0 Å². The number of hydrogen-bond acceptors (Lipinski definition) is 5. The molecule has 8 nitrogen and oxygen atoms in total. The summed E-state index contributed by atoms with van der Waals surface area (Å²) in [5.41, 5.74) is 0.752. The van der Waals surface area contributed by atoms with E-state index in [1.807, 2.05) is 35.5 Å². The van der Waals surface area contributed by atoms with Crippen molar-refractivity contribution in [2.45, 2.75) is 45.6 Å². The molecule has 1 spiro atoms. The first-order valence-electron chi connectivity index (χ1n) is 11.1. The van der Waals surface area contributed by atoms with Crippen LogP contribution in [0.15, 0.2) is 30.6 Å². The topological polar surface area (TPSA) is 80.6 Å². The molecular weight excluding hydrogens is 394 g/mol. The van der Waals surface area contributed by atoms with E-state index in [1.165, 1.54) is 6.42 Å². The minimum Gasteiger partial charge on any atom is -0.482 e. The molecule has 2 aromatic rings. The summed E-state index contributed by atoms with van der Waals surface area (Å²) in [6.45, 7) is 6.62. The van der Waals surface area contributed by atoms with Crippen molar-refractivity contribution in [2.75, 3.05) is 31.1 Å². The summed E-state index contributed by atoms with van der Waals surface area (Å²) in [5.74, 6) is 2.13. The molecule has 1 saturated heterocycles. The minimum absolute atomic E-state index is 0.0197. The van der Waals surface area contributed by atoms with Crippen LogP contribution in [-0.4, -0.2) is 57.7 Å². The SMILES string of the molecule is CC(C)Cn1cnnc1C1CN(C(=O)CN2C(=O)COc3ccccc32)CC12CCC2. The van der Waals surface area contributed by atoms with Crippen molar-refractivity contribution < 1.29 is 14.3 Å². The predicted molar refractivity (Wildman–Crippen MR) is 115 cm³/mol. The number of anilines is 1. The first-order chi connectivity index (χ1) is 15.0. The van der Waals surface area contributed by atoms with Crippen molar-refractivity contribution in [1.82, 2.24) is 19.7 Å². The highest BCUT2D eigenvalue weighted by molar-refractivity contribution is 6.02. The van der Waals surface area contributed by atoms with Gasteiger partial charge in [-0.3, -0.25) is 14.5 Å². The number of nitrogens with zero attached hydrogens (tertiary/aromatic N) is 5. The first kappa shape index (κ1) is 20.0. The predicted octanol–water partition coefficient (Wildman–Crippen LogP) is 2.46. The monoisotopic (exact) mass is 423 g/mol. The normalized spacial score (nSPS) is 21.9. The Kier molecular flexibility index (Phi) is 4.95. The van der Waals surface area contributed by atoms with Crippen LogP contribution in [0.2, 0.25) is 0 Å². The number of amides is 2. The highest BCUT2D eigenvalue weighted by Gasteiger charge is 2.53. The summed E-state index contributed by atoms with van der Waals surface area (Å²) in [6, 6.07) is 7.38. The Morgan fingerprint density at radius 3 is 2.84 bits per heavy atom. The molecule has 1 unspecified atom stereocenters. The molecule has 0 bridgehead atoms. The summed E-state index contributed by atoms with van der Waals surface area (Å²) < 4.78 is 7.67. The van der Waals surface area contributed by atoms with Crippen LogP contribution >= 0.6 is 0 Å². The molecular formula is C23H29N5O3. The lowest BCUT2D eigenvalue weighted by atomic mass is 9.62. The van der Waals surface area contributed by atoms with E-state index in [4.69, 9.17) is 4.74 Å². The lowest BCUT2D eigenvalue weighted by molar-refractivity contribution is -0.131. The van der Waals surface area contributed by atoms with E-state index in [0.29, 0.717) is 23.9 Å². The van der Waals surface area contributed by atoms with Crippen molar-refractivity contribution in [3.05, 3.63) is 36.4 Å². The Balaban J connectivity index is 1.36. The number of fused-ring (bicyclic) bond motifs is 1. The van der Waals surface area contributed by atoms with Crippen molar-refractivity contribution in [1.29, 1.82) is 0 Å². The number of ether oxygens (including phenoxy) is 1. The smallest absolute Gasteiger partial charge is 0.265 e. The van der Waals surface area contributed by atoms with Crippen LogP contribution in [0.1, 0.15) is 44.9 Å². The molecule has 2 aliphatic heterocycles. The third-order valence-corrected chi connectivity index (χ3v) is 6.97. The summed E-state index contributed by atoms with van der Waals surface area (Å²) in [5, 5.41) is 8.66. The third kappa shape index (κ3) is 3.47. The number of hydrogen-bond donors (Lipinski definition) is 0. The van der Waals surface area contributed by atoms with Gasteiger partial charge in [-0.05, 0) is 36.3 Å². The van der Waals surface area contributed by atoms with Gasteiger partial charge < -0.3 is 14.2 Å². The maximum atomic E-state index is 13.3. The Labute approximate surface area is 182 Å². The van der Waals surface area contributed by atoms with Crippen LogP contribution in [0, 0.1) is 11.3 Å². The molecule has 0 radical (unpaired) electrons. The van der Waals surface area contributed by atoms with Crippen LogP contribution in [0.4, 0.5) is 5.69 Å². The van der Waals surface area contributed by atoms with Gasteiger partial charge in [-0.15, -0.1) is 10.2 Å². The van der Waals surface area contributed by atoms with Crippen LogP contribution in [-0.2, 0) is 16.1 Å². The standard InChI is InChI=1S/C23H29N5O3/c1-16(2)10-27-15-24-25-22(27)17-11-26(14-23(17)8-5-9-23)20(29)12-28-18-6-3-4-7-19(18)31-13-21(28)30/h3-4,6-7,15-17H,5,8-14H2,1-2H3. The molecule has 8 heteroatoms. The molecule has 164 valence electrons. The van der Waals surface area contributed by atoms with E-state index in [-0.39, 0.29) is 36.3 Å². The van der Waals surface area contributed by atoms with Crippen LogP contribution < -0.4 is 9.64 Å². The van der Waals surface area contributed by atoms with Gasteiger partial charge in [0, 0.05) is 25.6 Å². The second-order valence-corrected chi connectivity index (χ2v) is 9.51. The van der Waals surface area contributed by atoms with E-state index in [1.54, 1.807) is 4.90 Å². The Morgan fingerprint density at radius 1 is 1.29 bits per heavy atom. The van der Waals surface area contributed by atoms with E-state index in [9.17, 15) is 9.59 Å². The highest BCUT2D eigenvalue weighted by Crippen LogP contribution is 2.55. The lowest BCUT2D eigenvalue weighted by Gasteiger charge is -2.42. The summed E-state index contributed by atoms with van der Waals surface area (Å²) in [7, 11) is 0. The fraction of sp³-hybridized carbons (Fsp3) is 0.565. The van der Waals surface area contributed by atoms with Gasteiger partial charge in [-0.1, -0.05) is 32.4 Å². The molecule has 2 amide bonds. The van der Waals surface area contributed by atoms with E-state index in [2.05, 4.69) is 28.6 Å². The number of benzene rings is 1. The summed E-state index contributed by atoms with van der Waals surface area (Å²) in [4.78, 5) is 29.3. The fourth-order valence-electron chi connectivity index (χ4n) is 5.28. The maximum absolute atomic E-state index is 13.3. The molecule has 0 N–H and O–H groups in total. The van der Waals surface area contributed by atoms with Gasteiger partial charge in [0.05, 0.1) is 5.69 Å². The lowest BCUT2D eigenvalue weighted by Crippen LogP contribution is -2.46. The van der Waals surface area contributed by atoms with E-state index < -0.39 is 0 Å². The highest BCUT2D eigenvalue weighted by atomic mass is 16.5. The Morgan fingerprint density at radius 2 is 2.10 bits per heavy atom. The second kappa shape index (κ2) is 7.66. The molecule has 2 fully saturated rings. The second-order valence-electron chi connectivity index (χ2n) is 9.51. The molecule has 1 aromatic heterocycles. The Bertz CT molecular complexity index is 997. The van der Waals surface area contributed by atoms with Gasteiger partial charge in [0.1, 0.15) is 24.4 Å². The van der Waals surface area contributed by atoms with Crippen molar-refractivity contribution in [3.8, 4) is 5.75 Å². The summed E-state index contributed by atoms with van der Waals surface area (Å²) >= 11 is 0. The van der Waals surface area contributed by atoms with Crippen molar-refractivity contribution in [3.63, 3.8) is 0 Å². The van der Waals surface area contributed by atoms with Crippen molar-refractivity contribution in [2.24, 2.45) is 11.3 Å². The maximum Gasteiger partial charge on any atom is 0.265 e. The molecule has 3 aliphatic rings. The Hall–Kier alpha value is -2.90. The van der Waals surface area contributed by atoms with Gasteiger partial charge in [-0.25, -0.2) is 0 Å². The zero-order valence-corrected chi connectivity index (χ0v) is 18.2. The number of aromatic nitrogens is 3. The number of para-hydroxylation sites is 2. The molecule has 1 aliphatic carbocycles. The van der Waals surface area contributed by atoms with Gasteiger partial charge >= 0.3 is 0 Å². The van der Waals surface area contributed by atoms with Gasteiger partial charge in [0.15, 0.2) is 6.61 Å². The molecule has 5 rings (SSSR count). The number of carbonyl (C=O) groups excluding carboxylic acids is 2. The molecule has 31 heavy (non-hydrogen) atoms. The first-order valence-corrected chi connectivity index (χ1v) is 11.1. The van der Waals surface area contributed by atoms with E-state index in [0.717, 1.165) is 31.8 Å². The van der Waals surface area contributed by atoms with Gasteiger partial charge in [0.2, 0.25) is 5.91 Å². The number of likely N-dealkylation sites (tertiary alicyclic amines) is 1. The van der Waals surface area contributed by atoms with Crippen LogP contribution in [0.5, 0.6) is 5.75 Å². The zero-order chi connectivity index (χ0) is 21.6. The molecule has 1 atom stereocenters. The van der Waals surface area contributed by atoms with Crippen molar-refractivity contribution >= 4 is 17.5 Å². The van der Waals surface area contributed by atoms with Crippen LogP contribution in [0.25, 0.3) is 0 Å². The average Bonchev–Trinajstić information content (AvgIpc) is 3.33. The molecule has 1 saturated carbocycles. The molecule has 3 heterocycles. The van der Waals surface area contributed by atoms with Crippen LogP contribution in [0.3, 0.4) is 0 Å². The quantitative estimate of drug-likeness (QED) is 0.738. The van der Waals surface area contributed by atoms with Gasteiger partial charge in [0.25, 0.3) is 5.91 Å². The third-order valence-electron chi connectivity index (χ3n) is 6.97. The number of rotatable bonds is 5. The molecule has 1 aromatic carbocycles.